The summed E-state index contributed by atoms with van der Waals surface area (Å²) >= 11 is 3.53. The Labute approximate surface area is 87.9 Å². The van der Waals surface area contributed by atoms with E-state index in [0.29, 0.717) is 0 Å². The van der Waals surface area contributed by atoms with Gasteiger partial charge in [0.25, 0.3) is 0 Å². The van der Waals surface area contributed by atoms with Gasteiger partial charge in [-0.2, -0.15) is 0 Å². The number of rotatable bonds is 3. The van der Waals surface area contributed by atoms with Gasteiger partial charge >= 0.3 is 0 Å². The minimum absolute atomic E-state index is 0.0409. The summed E-state index contributed by atoms with van der Waals surface area (Å²) in [4.78, 5) is 0. The molecule has 13 heavy (non-hydrogen) atoms. The normalized spacial score (nSPS) is 12.9. The SMILES string of the molecule is [CH2]C(CO)c1cccc(CC)c1Br. The number of aliphatic hydroxyl groups excluding tert-OH is 1. The van der Waals surface area contributed by atoms with Crippen molar-refractivity contribution in [2.24, 2.45) is 0 Å². The summed E-state index contributed by atoms with van der Waals surface area (Å²) in [6.45, 7) is 6.08. The highest BCUT2D eigenvalue weighted by atomic mass is 79.9. The maximum atomic E-state index is 8.99. The van der Waals surface area contributed by atoms with Crippen molar-refractivity contribution >= 4 is 15.9 Å². The number of hydrogen-bond acceptors (Lipinski definition) is 1. The molecule has 71 valence electrons. The Morgan fingerprint density at radius 2 is 2.23 bits per heavy atom. The van der Waals surface area contributed by atoms with Gasteiger partial charge in [0.15, 0.2) is 0 Å². The fourth-order valence-corrected chi connectivity index (χ4v) is 2.15. The molecular weight excluding hydrogens is 228 g/mol. The van der Waals surface area contributed by atoms with Crippen LogP contribution in [0.25, 0.3) is 0 Å². The molecule has 0 spiro atoms. The molecule has 0 aliphatic carbocycles. The van der Waals surface area contributed by atoms with Crippen LogP contribution in [-0.4, -0.2) is 11.7 Å². The van der Waals surface area contributed by atoms with E-state index in [1.807, 2.05) is 12.1 Å². The average molecular weight is 242 g/mol. The fourth-order valence-electron chi connectivity index (χ4n) is 1.29. The summed E-state index contributed by atoms with van der Waals surface area (Å²) in [5.74, 6) is -0.0409. The van der Waals surface area contributed by atoms with Crippen molar-refractivity contribution < 1.29 is 5.11 Å². The van der Waals surface area contributed by atoms with E-state index in [9.17, 15) is 0 Å². The first-order chi connectivity index (χ1) is 6.20. The predicted molar refractivity (Wildman–Crippen MR) is 58.7 cm³/mol. The van der Waals surface area contributed by atoms with Gasteiger partial charge in [-0.3, -0.25) is 0 Å². The second-order valence-corrected chi connectivity index (χ2v) is 3.85. The first-order valence-electron chi connectivity index (χ1n) is 4.42. The summed E-state index contributed by atoms with van der Waals surface area (Å²) in [6.07, 6.45) is 0.993. The third-order valence-electron chi connectivity index (χ3n) is 2.15. The van der Waals surface area contributed by atoms with Gasteiger partial charge in [0.05, 0.1) is 0 Å². The molecule has 1 radical (unpaired) electrons. The van der Waals surface area contributed by atoms with Crippen LogP contribution in [0.1, 0.15) is 24.0 Å². The lowest BCUT2D eigenvalue weighted by Crippen LogP contribution is -2.01. The van der Waals surface area contributed by atoms with Crippen molar-refractivity contribution in [2.45, 2.75) is 19.3 Å². The van der Waals surface area contributed by atoms with Gasteiger partial charge < -0.3 is 5.11 Å². The lowest BCUT2D eigenvalue weighted by atomic mass is 9.99. The first kappa shape index (κ1) is 10.7. The van der Waals surface area contributed by atoms with Gasteiger partial charge in [0, 0.05) is 17.0 Å². The monoisotopic (exact) mass is 241 g/mol. The highest BCUT2D eigenvalue weighted by Gasteiger charge is 2.09. The fraction of sp³-hybridized carbons (Fsp3) is 0.364. The van der Waals surface area contributed by atoms with Crippen LogP contribution in [0.5, 0.6) is 0 Å². The highest BCUT2D eigenvalue weighted by molar-refractivity contribution is 9.10. The Morgan fingerprint density at radius 1 is 1.54 bits per heavy atom. The molecule has 1 rings (SSSR count). The smallest absolute Gasteiger partial charge is 0.0500 e. The highest BCUT2D eigenvalue weighted by Crippen LogP contribution is 2.27. The maximum Gasteiger partial charge on any atom is 0.0500 e. The van der Waals surface area contributed by atoms with Crippen molar-refractivity contribution in [3.05, 3.63) is 40.7 Å². The molecule has 0 aliphatic heterocycles. The average Bonchev–Trinajstić information content (AvgIpc) is 2.17. The Balaban J connectivity index is 3.08. The zero-order valence-electron chi connectivity index (χ0n) is 7.76. The van der Waals surface area contributed by atoms with Gasteiger partial charge in [0.2, 0.25) is 0 Å². The molecule has 0 fully saturated rings. The number of hydrogen-bond donors (Lipinski definition) is 1. The quantitative estimate of drug-likeness (QED) is 0.863. The zero-order valence-corrected chi connectivity index (χ0v) is 9.34. The molecule has 0 amide bonds. The Bertz CT molecular complexity index is 283. The van der Waals surface area contributed by atoms with Gasteiger partial charge in [-0.25, -0.2) is 0 Å². The van der Waals surface area contributed by atoms with E-state index in [-0.39, 0.29) is 12.5 Å². The van der Waals surface area contributed by atoms with Gasteiger partial charge in [0.1, 0.15) is 0 Å². The van der Waals surface area contributed by atoms with Gasteiger partial charge in [-0.1, -0.05) is 41.1 Å². The molecule has 0 bridgehead atoms. The Kier molecular flexibility index (Phi) is 3.94. The molecule has 0 saturated heterocycles. The largest absolute Gasteiger partial charge is 0.396 e. The third kappa shape index (κ3) is 2.32. The van der Waals surface area contributed by atoms with Crippen LogP contribution in [0.3, 0.4) is 0 Å². The molecule has 1 aromatic rings. The van der Waals surface area contributed by atoms with E-state index in [4.69, 9.17) is 5.11 Å². The lowest BCUT2D eigenvalue weighted by Gasteiger charge is -2.12. The predicted octanol–water partition coefficient (Wildman–Crippen LogP) is 2.92. The van der Waals surface area contributed by atoms with Crippen molar-refractivity contribution in [3.8, 4) is 0 Å². The number of aliphatic hydroxyl groups is 1. The van der Waals surface area contributed by atoms with Crippen LogP contribution in [-0.2, 0) is 6.42 Å². The molecule has 0 aliphatic rings. The van der Waals surface area contributed by atoms with E-state index in [0.717, 1.165) is 16.5 Å². The second-order valence-electron chi connectivity index (χ2n) is 3.05. The lowest BCUT2D eigenvalue weighted by molar-refractivity contribution is 0.282. The molecule has 1 nitrogen and oxygen atoms in total. The molecular formula is C11H14BrO. The van der Waals surface area contributed by atoms with Gasteiger partial charge in [-0.15, -0.1) is 0 Å². The molecule has 1 aromatic carbocycles. The standard InChI is InChI=1S/C11H14BrO/c1-3-9-5-4-6-10(11(9)12)8(2)7-13/h4-6,8,13H,2-3,7H2,1H3. The minimum atomic E-state index is -0.0409. The van der Waals surface area contributed by atoms with E-state index in [2.05, 4.69) is 35.8 Å². The van der Waals surface area contributed by atoms with E-state index < -0.39 is 0 Å². The second kappa shape index (κ2) is 4.77. The topological polar surface area (TPSA) is 20.2 Å². The van der Waals surface area contributed by atoms with E-state index in [1.165, 1.54) is 5.56 Å². The first-order valence-corrected chi connectivity index (χ1v) is 5.21. The van der Waals surface area contributed by atoms with Crippen LogP contribution < -0.4 is 0 Å². The summed E-state index contributed by atoms with van der Waals surface area (Å²) < 4.78 is 1.09. The molecule has 1 atom stereocenters. The van der Waals surface area contributed by atoms with Crippen LogP contribution >= 0.6 is 15.9 Å². The van der Waals surface area contributed by atoms with Crippen LogP contribution in [0.15, 0.2) is 22.7 Å². The summed E-state index contributed by atoms with van der Waals surface area (Å²) in [7, 11) is 0. The summed E-state index contributed by atoms with van der Waals surface area (Å²) in [6, 6.07) is 6.08. The van der Waals surface area contributed by atoms with Gasteiger partial charge in [-0.05, 0) is 24.5 Å². The summed E-state index contributed by atoms with van der Waals surface area (Å²) in [5.41, 5.74) is 2.35. The minimum Gasteiger partial charge on any atom is -0.396 e. The number of aryl methyl sites for hydroxylation is 1. The van der Waals surface area contributed by atoms with Crippen LogP contribution in [0.2, 0.25) is 0 Å². The van der Waals surface area contributed by atoms with Crippen molar-refractivity contribution in [2.75, 3.05) is 6.61 Å². The maximum absolute atomic E-state index is 8.99. The van der Waals surface area contributed by atoms with Crippen molar-refractivity contribution in [3.63, 3.8) is 0 Å². The number of benzene rings is 1. The molecule has 1 unspecified atom stereocenters. The van der Waals surface area contributed by atoms with E-state index in [1.54, 1.807) is 0 Å². The third-order valence-corrected chi connectivity index (χ3v) is 3.12. The molecule has 2 heteroatoms. The van der Waals surface area contributed by atoms with E-state index >= 15 is 0 Å². The van der Waals surface area contributed by atoms with Crippen molar-refractivity contribution in [1.82, 2.24) is 0 Å². The summed E-state index contributed by atoms with van der Waals surface area (Å²) in [5, 5.41) is 8.99. The Hall–Kier alpha value is -0.340. The number of halogens is 1. The van der Waals surface area contributed by atoms with Crippen molar-refractivity contribution in [1.29, 1.82) is 0 Å². The molecule has 0 aromatic heterocycles. The van der Waals surface area contributed by atoms with Crippen LogP contribution in [0.4, 0.5) is 0 Å². The molecule has 0 saturated carbocycles. The zero-order chi connectivity index (χ0) is 9.84. The van der Waals surface area contributed by atoms with Crippen LogP contribution in [0, 0.1) is 6.92 Å². The molecule has 0 heterocycles. The Morgan fingerprint density at radius 3 is 2.77 bits per heavy atom. The molecule has 1 N–H and O–H groups in total.